The van der Waals surface area contributed by atoms with Crippen molar-refractivity contribution in [1.82, 2.24) is 15.1 Å². The Kier molecular flexibility index (Phi) is 6.97. The highest BCUT2D eigenvalue weighted by Crippen LogP contribution is 2.14. The van der Waals surface area contributed by atoms with Gasteiger partial charge in [0.15, 0.2) is 0 Å². The normalized spacial score (nSPS) is 24.5. The molecule has 0 bridgehead atoms. The van der Waals surface area contributed by atoms with Gasteiger partial charge in [0.2, 0.25) is 0 Å². The Morgan fingerprint density at radius 2 is 1.71 bits per heavy atom. The van der Waals surface area contributed by atoms with E-state index in [1.54, 1.807) is 0 Å². The predicted molar refractivity (Wildman–Crippen MR) is 91.0 cm³/mol. The first-order valence-corrected chi connectivity index (χ1v) is 8.09. The van der Waals surface area contributed by atoms with Crippen LogP contribution in [-0.2, 0) is 6.54 Å². The number of hydrogen-bond donors (Lipinski definition) is 1. The molecular formula is C17H28ClN3. The first-order valence-electron chi connectivity index (χ1n) is 8.09. The van der Waals surface area contributed by atoms with Crippen molar-refractivity contribution in [2.24, 2.45) is 5.92 Å². The van der Waals surface area contributed by atoms with E-state index in [0.717, 1.165) is 12.5 Å². The van der Waals surface area contributed by atoms with Crippen molar-refractivity contribution >= 4 is 12.4 Å². The van der Waals surface area contributed by atoms with Gasteiger partial charge in [0.1, 0.15) is 0 Å². The lowest BCUT2D eigenvalue weighted by molar-refractivity contribution is 0.108. The SMILES string of the molecule is Cl.c1ccc(CN2CCN(CC3CCCNC3)CC2)cc1. The van der Waals surface area contributed by atoms with E-state index in [1.165, 1.54) is 64.2 Å². The Labute approximate surface area is 135 Å². The van der Waals surface area contributed by atoms with Crippen molar-refractivity contribution in [2.45, 2.75) is 19.4 Å². The number of halogens is 1. The van der Waals surface area contributed by atoms with Crippen LogP contribution in [0.2, 0.25) is 0 Å². The molecule has 0 radical (unpaired) electrons. The van der Waals surface area contributed by atoms with Crippen LogP contribution < -0.4 is 5.32 Å². The monoisotopic (exact) mass is 309 g/mol. The van der Waals surface area contributed by atoms with Crippen LogP contribution in [-0.4, -0.2) is 55.6 Å². The van der Waals surface area contributed by atoms with Gasteiger partial charge in [-0.05, 0) is 37.4 Å². The zero-order valence-corrected chi connectivity index (χ0v) is 13.7. The summed E-state index contributed by atoms with van der Waals surface area (Å²) in [6.45, 7) is 9.77. The Morgan fingerprint density at radius 3 is 2.38 bits per heavy atom. The second kappa shape index (κ2) is 8.74. The fourth-order valence-corrected chi connectivity index (χ4v) is 3.42. The average molecular weight is 310 g/mol. The summed E-state index contributed by atoms with van der Waals surface area (Å²) >= 11 is 0. The molecule has 2 aliphatic rings. The van der Waals surface area contributed by atoms with Crippen molar-refractivity contribution in [3.63, 3.8) is 0 Å². The van der Waals surface area contributed by atoms with Gasteiger partial charge < -0.3 is 10.2 Å². The van der Waals surface area contributed by atoms with Crippen molar-refractivity contribution < 1.29 is 0 Å². The first kappa shape index (κ1) is 16.8. The molecule has 0 saturated carbocycles. The molecule has 4 heteroatoms. The molecule has 21 heavy (non-hydrogen) atoms. The van der Waals surface area contributed by atoms with E-state index in [4.69, 9.17) is 0 Å². The van der Waals surface area contributed by atoms with Gasteiger partial charge in [-0.2, -0.15) is 0 Å². The van der Waals surface area contributed by atoms with Gasteiger partial charge in [-0.3, -0.25) is 4.90 Å². The summed E-state index contributed by atoms with van der Waals surface area (Å²) in [5, 5.41) is 3.53. The minimum atomic E-state index is 0. The standard InChI is InChI=1S/C17H27N3.ClH/c1-2-5-16(6-3-1)14-19-9-11-20(12-10-19)15-17-7-4-8-18-13-17;/h1-3,5-6,17-18H,4,7-15H2;1H. The molecule has 1 N–H and O–H groups in total. The maximum absolute atomic E-state index is 3.53. The molecule has 0 aliphatic carbocycles. The van der Waals surface area contributed by atoms with E-state index in [0.29, 0.717) is 0 Å². The number of nitrogens with zero attached hydrogens (tertiary/aromatic N) is 2. The Bertz CT molecular complexity index is 384. The van der Waals surface area contributed by atoms with Crippen LogP contribution in [0.25, 0.3) is 0 Å². The van der Waals surface area contributed by atoms with Crippen LogP contribution in [0.4, 0.5) is 0 Å². The van der Waals surface area contributed by atoms with Gasteiger partial charge in [0.05, 0.1) is 0 Å². The van der Waals surface area contributed by atoms with E-state index in [-0.39, 0.29) is 12.4 Å². The van der Waals surface area contributed by atoms with Crippen molar-refractivity contribution in [3.8, 4) is 0 Å². The van der Waals surface area contributed by atoms with Gasteiger partial charge in [-0.15, -0.1) is 12.4 Å². The molecule has 2 aliphatic heterocycles. The molecule has 3 nitrogen and oxygen atoms in total. The minimum Gasteiger partial charge on any atom is -0.316 e. The lowest BCUT2D eigenvalue weighted by Crippen LogP contribution is -2.48. The fourth-order valence-electron chi connectivity index (χ4n) is 3.42. The lowest BCUT2D eigenvalue weighted by Gasteiger charge is -2.37. The largest absolute Gasteiger partial charge is 0.316 e. The number of piperazine rings is 1. The number of nitrogens with one attached hydrogen (secondary N) is 1. The molecule has 3 rings (SSSR count). The van der Waals surface area contributed by atoms with E-state index in [1.807, 2.05) is 0 Å². The molecule has 0 aromatic heterocycles. The minimum absolute atomic E-state index is 0. The summed E-state index contributed by atoms with van der Waals surface area (Å²) < 4.78 is 0. The molecule has 1 atom stereocenters. The number of benzene rings is 1. The van der Waals surface area contributed by atoms with Crippen molar-refractivity contribution in [2.75, 3.05) is 45.8 Å². The molecule has 1 aromatic carbocycles. The summed E-state index contributed by atoms with van der Waals surface area (Å²) in [6, 6.07) is 10.9. The van der Waals surface area contributed by atoms with Gasteiger partial charge in [-0.1, -0.05) is 30.3 Å². The summed E-state index contributed by atoms with van der Waals surface area (Å²) in [5.74, 6) is 0.879. The second-order valence-corrected chi connectivity index (χ2v) is 6.27. The molecular weight excluding hydrogens is 282 g/mol. The van der Waals surface area contributed by atoms with Crippen molar-refractivity contribution in [3.05, 3.63) is 35.9 Å². The summed E-state index contributed by atoms with van der Waals surface area (Å²) in [4.78, 5) is 5.25. The zero-order valence-electron chi connectivity index (χ0n) is 12.8. The fraction of sp³-hybridized carbons (Fsp3) is 0.647. The van der Waals surface area contributed by atoms with Gasteiger partial charge in [-0.25, -0.2) is 0 Å². The highest BCUT2D eigenvalue weighted by Gasteiger charge is 2.21. The van der Waals surface area contributed by atoms with Gasteiger partial charge in [0, 0.05) is 39.3 Å². The van der Waals surface area contributed by atoms with Gasteiger partial charge in [0.25, 0.3) is 0 Å². The van der Waals surface area contributed by atoms with E-state index in [2.05, 4.69) is 45.4 Å². The Hall–Kier alpha value is -0.610. The van der Waals surface area contributed by atoms with Crippen LogP contribution >= 0.6 is 12.4 Å². The molecule has 1 unspecified atom stereocenters. The van der Waals surface area contributed by atoms with E-state index >= 15 is 0 Å². The molecule has 2 fully saturated rings. The summed E-state index contributed by atoms with van der Waals surface area (Å²) in [5.41, 5.74) is 1.44. The first-order chi connectivity index (χ1) is 9.90. The topological polar surface area (TPSA) is 18.5 Å². The van der Waals surface area contributed by atoms with Crippen LogP contribution in [0.5, 0.6) is 0 Å². The highest BCUT2D eigenvalue weighted by atomic mass is 35.5. The molecule has 2 saturated heterocycles. The van der Waals surface area contributed by atoms with Crippen LogP contribution in [0.1, 0.15) is 18.4 Å². The number of rotatable bonds is 4. The third kappa shape index (κ3) is 5.26. The maximum atomic E-state index is 3.53. The Balaban J connectivity index is 0.00000161. The quantitative estimate of drug-likeness (QED) is 0.920. The van der Waals surface area contributed by atoms with Crippen molar-refractivity contribution in [1.29, 1.82) is 0 Å². The van der Waals surface area contributed by atoms with Crippen LogP contribution in [0.15, 0.2) is 30.3 Å². The van der Waals surface area contributed by atoms with Crippen LogP contribution in [0.3, 0.4) is 0 Å². The summed E-state index contributed by atoms with van der Waals surface area (Å²) in [7, 11) is 0. The molecule has 0 spiro atoms. The van der Waals surface area contributed by atoms with Crippen LogP contribution in [0, 0.1) is 5.92 Å². The van der Waals surface area contributed by atoms with E-state index in [9.17, 15) is 0 Å². The molecule has 1 aromatic rings. The molecule has 118 valence electrons. The Morgan fingerprint density at radius 1 is 1.00 bits per heavy atom. The third-order valence-electron chi connectivity index (χ3n) is 4.63. The number of piperidine rings is 1. The average Bonchev–Trinajstić information content (AvgIpc) is 2.51. The highest BCUT2D eigenvalue weighted by molar-refractivity contribution is 5.85. The molecule has 2 heterocycles. The smallest absolute Gasteiger partial charge is 0.0234 e. The van der Waals surface area contributed by atoms with E-state index < -0.39 is 0 Å². The molecule has 0 amide bonds. The maximum Gasteiger partial charge on any atom is 0.0234 e. The zero-order chi connectivity index (χ0) is 13.6. The lowest BCUT2D eigenvalue weighted by atomic mass is 9.99. The second-order valence-electron chi connectivity index (χ2n) is 6.27. The van der Waals surface area contributed by atoms with Gasteiger partial charge >= 0.3 is 0 Å². The predicted octanol–water partition coefficient (Wildman–Crippen LogP) is 2.23. The number of hydrogen-bond acceptors (Lipinski definition) is 3. The summed E-state index contributed by atoms with van der Waals surface area (Å²) in [6.07, 6.45) is 2.77. The third-order valence-corrected chi connectivity index (χ3v) is 4.63.